The van der Waals surface area contributed by atoms with Gasteiger partial charge in [0.15, 0.2) is 23.4 Å². The monoisotopic (exact) mass is 578 g/mol. The van der Waals surface area contributed by atoms with Crippen LogP contribution in [-0.4, -0.2) is 33.2 Å². The summed E-state index contributed by atoms with van der Waals surface area (Å²) in [7, 11) is 1.53. The van der Waals surface area contributed by atoms with Crippen LogP contribution in [0.2, 0.25) is 0 Å². The number of aromatic hydroxyl groups is 1. The highest BCUT2D eigenvalue weighted by Crippen LogP contribution is 2.41. The van der Waals surface area contributed by atoms with Gasteiger partial charge in [0.1, 0.15) is 0 Å². The van der Waals surface area contributed by atoms with Gasteiger partial charge in [0.25, 0.3) is 0 Å². The van der Waals surface area contributed by atoms with Gasteiger partial charge in [-0.15, -0.1) is 10.2 Å². The van der Waals surface area contributed by atoms with Crippen molar-refractivity contribution in [1.29, 1.82) is 0 Å². The van der Waals surface area contributed by atoms with Crippen molar-refractivity contribution in [3.05, 3.63) is 45.5 Å². The van der Waals surface area contributed by atoms with Gasteiger partial charge >= 0.3 is 0 Å². The van der Waals surface area contributed by atoms with Gasteiger partial charge in [0.05, 0.1) is 10.7 Å². The molecule has 1 aromatic heterocycles. The quantitative estimate of drug-likeness (QED) is 0.171. The lowest BCUT2D eigenvalue weighted by molar-refractivity contribution is 0.224. The zero-order valence-electron chi connectivity index (χ0n) is 18.7. The van der Waals surface area contributed by atoms with E-state index in [2.05, 4.69) is 45.0 Å². The number of nitrogens with one attached hydrogen (secondary N) is 1. The number of nitrogens with zero attached hydrogens (tertiary/aromatic N) is 3. The van der Waals surface area contributed by atoms with Crippen molar-refractivity contribution in [2.45, 2.75) is 50.4 Å². The lowest BCUT2D eigenvalue weighted by atomic mass is 10.1. The minimum Gasteiger partial charge on any atom is -0.504 e. The normalized spacial score (nSPS) is 14.5. The van der Waals surface area contributed by atoms with E-state index in [9.17, 15) is 5.11 Å². The predicted octanol–water partition coefficient (Wildman–Crippen LogP) is 6.42. The van der Waals surface area contributed by atoms with Gasteiger partial charge in [0, 0.05) is 22.6 Å². The summed E-state index contributed by atoms with van der Waals surface area (Å²) >= 11 is 3.69. The zero-order chi connectivity index (χ0) is 23.2. The molecule has 1 atom stereocenters. The summed E-state index contributed by atoms with van der Waals surface area (Å²) in [6, 6.07) is 11.5. The molecule has 7 nitrogen and oxygen atoms in total. The topological polar surface area (TPSA) is 89.4 Å². The highest BCUT2D eigenvalue weighted by molar-refractivity contribution is 14.1. The Balaban J connectivity index is 1.62. The Hall–Kier alpha value is -2.27. The summed E-state index contributed by atoms with van der Waals surface area (Å²) in [5, 5.41) is 23.1. The molecule has 0 bridgehead atoms. The van der Waals surface area contributed by atoms with E-state index in [-0.39, 0.29) is 5.75 Å². The standard InChI is InChI=1S/C24H27IN4O3S/c1-3-4-5-6-9-12-33-24-27-23-20(28-29-24)16-10-7-8-11-18(16)26-22(32-23)15-13-17(25)21(30)19(14-15)31-2/h7-8,10-11,13-14,22,26,30H,3-6,9,12H2,1-2H3/t22-/m0/s1. The molecule has 9 heteroatoms. The molecular weight excluding hydrogens is 551 g/mol. The maximum atomic E-state index is 10.3. The molecule has 0 unspecified atom stereocenters. The number of thioether (sulfide) groups is 1. The molecule has 0 saturated heterocycles. The number of benzene rings is 2. The van der Waals surface area contributed by atoms with Crippen LogP contribution in [0.4, 0.5) is 5.69 Å². The van der Waals surface area contributed by atoms with Gasteiger partial charge in [0.2, 0.25) is 11.0 Å². The summed E-state index contributed by atoms with van der Waals surface area (Å²) in [5.74, 6) is 1.89. The van der Waals surface area contributed by atoms with Gasteiger partial charge in [-0.25, -0.2) is 0 Å². The minimum absolute atomic E-state index is 0.109. The van der Waals surface area contributed by atoms with Gasteiger partial charge in [-0.2, -0.15) is 4.98 Å². The van der Waals surface area contributed by atoms with Crippen molar-refractivity contribution in [2.24, 2.45) is 0 Å². The highest BCUT2D eigenvalue weighted by Gasteiger charge is 2.27. The van der Waals surface area contributed by atoms with E-state index in [1.54, 1.807) is 17.8 Å². The number of hydrogen-bond donors (Lipinski definition) is 2. The van der Waals surface area contributed by atoms with Crippen LogP contribution >= 0.6 is 34.4 Å². The number of rotatable bonds is 9. The third kappa shape index (κ3) is 5.63. The van der Waals surface area contributed by atoms with E-state index in [4.69, 9.17) is 14.5 Å². The van der Waals surface area contributed by atoms with Crippen LogP contribution in [0, 0.1) is 3.57 Å². The molecule has 0 fully saturated rings. The fourth-order valence-corrected chi connectivity index (χ4v) is 5.03. The Morgan fingerprint density at radius 3 is 2.79 bits per heavy atom. The smallest absolute Gasteiger partial charge is 0.247 e. The predicted molar refractivity (Wildman–Crippen MR) is 139 cm³/mol. The second-order valence-corrected chi connectivity index (χ2v) is 9.98. The summed E-state index contributed by atoms with van der Waals surface area (Å²) < 4.78 is 12.4. The first-order valence-corrected chi connectivity index (χ1v) is 13.1. The van der Waals surface area contributed by atoms with Crippen molar-refractivity contribution in [1.82, 2.24) is 15.2 Å². The molecule has 1 aliphatic heterocycles. The second-order valence-electron chi connectivity index (χ2n) is 7.75. The third-order valence-electron chi connectivity index (χ3n) is 5.39. The van der Waals surface area contributed by atoms with Crippen molar-refractivity contribution in [2.75, 3.05) is 18.2 Å². The number of anilines is 1. The Morgan fingerprint density at radius 2 is 1.97 bits per heavy atom. The number of aromatic nitrogens is 3. The molecule has 0 amide bonds. The van der Waals surface area contributed by atoms with Gasteiger partial charge in [-0.1, -0.05) is 62.6 Å². The van der Waals surface area contributed by atoms with Crippen LogP contribution in [0.5, 0.6) is 17.4 Å². The number of unbranched alkanes of at least 4 members (excludes halogenated alkanes) is 4. The summed E-state index contributed by atoms with van der Waals surface area (Å²) in [5.41, 5.74) is 3.16. The molecule has 2 aromatic carbocycles. The molecule has 2 N–H and O–H groups in total. The first-order chi connectivity index (χ1) is 16.1. The van der Waals surface area contributed by atoms with E-state index in [0.717, 1.165) is 29.0 Å². The Bertz CT molecular complexity index is 1120. The average Bonchev–Trinajstić information content (AvgIpc) is 2.99. The Morgan fingerprint density at radius 1 is 1.15 bits per heavy atom. The molecule has 4 rings (SSSR count). The number of halogens is 1. The first-order valence-electron chi connectivity index (χ1n) is 11.1. The van der Waals surface area contributed by atoms with E-state index < -0.39 is 6.23 Å². The maximum absolute atomic E-state index is 10.3. The van der Waals surface area contributed by atoms with Crippen LogP contribution in [0.15, 0.2) is 41.6 Å². The maximum Gasteiger partial charge on any atom is 0.247 e. The lowest BCUT2D eigenvalue weighted by Gasteiger charge is -2.20. The van der Waals surface area contributed by atoms with E-state index in [1.807, 2.05) is 30.3 Å². The van der Waals surface area contributed by atoms with Crippen LogP contribution in [0.3, 0.4) is 0 Å². The average molecular weight is 578 g/mol. The number of phenolic OH excluding ortho intramolecular Hbond substituents is 1. The number of fused-ring (bicyclic) bond motifs is 3. The molecular formula is C24H27IN4O3S. The van der Waals surface area contributed by atoms with Crippen LogP contribution < -0.4 is 14.8 Å². The Labute approximate surface area is 211 Å². The van der Waals surface area contributed by atoms with Gasteiger partial charge < -0.3 is 19.9 Å². The first kappa shape index (κ1) is 23.9. The third-order valence-corrected chi connectivity index (χ3v) is 7.13. The van der Waals surface area contributed by atoms with Crippen molar-refractivity contribution >= 4 is 40.0 Å². The molecule has 2 heterocycles. The number of methoxy groups -OCH3 is 1. The number of para-hydroxylation sites is 1. The van der Waals surface area contributed by atoms with E-state index >= 15 is 0 Å². The molecule has 0 radical (unpaired) electrons. The highest BCUT2D eigenvalue weighted by atomic mass is 127. The van der Waals surface area contributed by atoms with E-state index in [1.165, 1.54) is 32.8 Å². The van der Waals surface area contributed by atoms with E-state index in [0.29, 0.717) is 26.1 Å². The fraction of sp³-hybridized carbons (Fsp3) is 0.375. The number of ether oxygens (including phenoxy) is 2. The fourth-order valence-electron chi connectivity index (χ4n) is 3.63. The van der Waals surface area contributed by atoms with Crippen molar-refractivity contribution in [3.8, 4) is 28.6 Å². The van der Waals surface area contributed by atoms with Gasteiger partial charge in [-0.05, 0) is 47.2 Å². The Kier molecular flexibility index (Phi) is 8.13. The molecule has 0 aliphatic carbocycles. The number of phenols is 1. The number of hydrogen-bond acceptors (Lipinski definition) is 8. The zero-order valence-corrected chi connectivity index (χ0v) is 21.6. The SMILES string of the molecule is CCCCCCCSc1nnc2c(n1)O[C@@H](c1cc(I)c(O)c(OC)c1)Nc1ccccc1-2. The second kappa shape index (κ2) is 11.2. The van der Waals surface area contributed by atoms with Crippen LogP contribution in [0.1, 0.15) is 50.8 Å². The van der Waals surface area contributed by atoms with Gasteiger partial charge in [-0.3, -0.25) is 0 Å². The summed E-state index contributed by atoms with van der Waals surface area (Å²) in [6.07, 6.45) is 5.60. The molecule has 174 valence electrons. The summed E-state index contributed by atoms with van der Waals surface area (Å²) in [6.45, 7) is 2.22. The molecule has 0 saturated carbocycles. The lowest BCUT2D eigenvalue weighted by Crippen LogP contribution is -2.17. The molecule has 3 aromatic rings. The van der Waals surface area contributed by atoms with Crippen molar-refractivity contribution < 1.29 is 14.6 Å². The minimum atomic E-state index is -0.543. The largest absolute Gasteiger partial charge is 0.504 e. The van der Waals surface area contributed by atoms with Crippen LogP contribution in [-0.2, 0) is 0 Å². The van der Waals surface area contributed by atoms with Crippen LogP contribution in [0.25, 0.3) is 11.3 Å². The summed E-state index contributed by atoms with van der Waals surface area (Å²) in [4.78, 5) is 4.71. The van der Waals surface area contributed by atoms with Crippen molar-refractivity contribution in [3.63, 3.8) is 0 Å². The molecule has 0 spiro atoms. The molecule has 1 aliphatic rings. The molecule has 33 heavy (non-hydrogen) atoms.